The smallest absolute Gasteiger partial charge is 0.417 e. The molecule has 1 aliphatic heterocycles. The van der Waals surface area contributed by atoms with Crippen molar-refractivity contribution in [3.05, 3.63) is 0 Å². The third kappa shape index (κ3) is 2.39. The zero-order valence-corrected chi connectivity index (χ0v) is 11.5. The molecule has 2 aliphatic rings. The van der Waals surface area contributed by atoms with Crippen molar-refractivity contribution < 1.29 is 28.7 Å². The maximum Gasteiger partial charge on any atom is 0.417 e. The van der Waals surface area contributed by atoms with Crippen molar-refractivity contribution in [3.63, 3.8) is 0 Å². The van der Waals surface area contributed by atoms with E-state index in [9.17, 15) is 19.2 Å². The Morgan fingerprint density at radius 2 is 1.90 bits per heavy atom. The summed E-state index contributed by atoms with van der Waals surface area (Å²) in [4.78, 5) is 48.3. The predicted octanol–water partition coefficient (Wildman–Crippen LogP) is 0.512. The number of likely N-dealkylation sites (tertiary alicyclic amines) is 1. The van der Waals surface area contributed by atoms with Crippen LogP contribution in [0.5, 0.6) is 0 Å². The molecule has 2 rings (SSSR count). The topological polar surface area (TPSA) is 90.0 Å². The van der Waals surface area contributed by atoms with Crippen molar-refractivity contribution in [1.82, 2.24) is 4.90 Å². The van der Waals surface area contributed by atoms with Gasteiger partial charge in [0.1, 0.15) is 11.8 Å². The molecule has 0 aromatic rings. The highest BCUT2D eigenvalue weighted by Crippen LogP contribution is 2.38. The third-order valence-corrected chi connectivity index (χ3v) is 4.03. The van der Waals surface area contributed by atoms with Gasteiger partial charge in [0.15, 0.2) is 0 Å². The van der Waals surface area contributed by atoms with Crippen molar-refractivity contribution in [1.29, 1.82) is 0 Å². The summed E-state index contributed by atoms with van der Waals surface area (Å²) in [7, 11) is 2.35. The minimum atomic E-state index is -1.01. The largest absolute Gasteiger partial charge is 0.467 e. The second kappa shape index (κ2) is 5.60. The minimum Gasteiger partial charge on any atom is -0.467 e. The summed E-state index contributed by atoms with van der Waals surface area (Å²) >= 11 is 0. The first-order valence-corrected chi connectivity index (χ1v) is 6.50. The maximum absolute atomic E-state index is 12.4. The summed E-state index contributed by atoms with van der Waals surface area (Å²) in [6.07, 6.45) is 0.429. The average molecular weight is 283 g/mol. The second-order valence-electron chi connectivity index (χ2n) is 5.10. The summed E-state index contributed by atoms with van der Waals surface area (Å²) in [5.74, 6) is -1.62. The number of nitrogens with zero attached hydrogens (tertiary/aromatic N) is 1. The van der Waals surface area contributed by atoms with Gasteiger partial charge in [-0.2, -0.15) is 0 Å². The standard InChI is InChI=1S/C13H17NO6/c1-19-12(17)10-6-7-5-8(15)3-4-9(7)11(16)14(10)13(18)20-2/h7,9-10H,3-6H2,1-2H3/t7-,9-,10+/m1/s1. The Kier molecular flexibility index (Phi) is 4.06. The van der Waals surface area contributed by atoms with Crippen LogP contribution >= 0.6 is 0 Å². The van der Waals surface area contributed by atoms with Crippen LogP contribution in [-0.4, -0.2) is 48.9 Å². The quantitative estimate of drug-likeness (QED) is 0.651. The number of ketones is 1. The Bertz CT molecular complexity index is 460. The highest BCUT2D eigenvalue weighted by Gasteiger charge is 2.49. The van der Waals surface area contributed by atoms with Gasteiger partial charge >= 0.3 is 12.1 Å². The molecule has 2 fully saturated rings. The van der Waals surface area contributed by atoms with Gasteiger partial charge in [-0.1, -0.05) is 0 Å². The maximum atomic E-state index is 12.4. The van der Waals surface area contributed by atoms with Gasteiger partial charge in [0, 0.05) is 18.8 Å². The van der Waals surface area contributed by atoms with Crippen LogP contribution in [0.4, 0.5) is 4.79 Å². The molecule has 0 aromatic carbocycles. The van der Waals surface area contributed by atoms with E-state index in [4.69, 9.17) is 0 Å². The van der Waals surface area contributed by atoms with Crippen LogP contribution in [0.1, 0.15) is 25.7 Å². The minimum absolute atomic E-state index is 0.0918. The van der Waals surface area contributed by atoms with Gasteiger partial charge in [-0.25, -0.2) is 14.5 Å². The summed E-state index contributed by atoms with van der Waals surface area (Å²) < 4.78 is 9.22. The zero-order chi connectivity index (χ0) is 14.9. The first-order valence-electron chi connectivity index (χ1n) is 6.50. The van der Waals surface area contributed by atoms with Gasteiger partial charge in [-0.05, 0) is 18.8 Å². The molecule has 1 saturated carbocycles. The second-order valence-corrected chi connectivity index (χ2v) is 5.10. The lowest BCUT2D eigenvalue weighted by Gasteiger charge is -2.41. The van der Waals surface area contributed by atoms with Gasteiger partial charge in [-0.15, -0.1) is 0 Å². The molecule has 0 aromatic heterocycles. The van der Waals surface area contributed by atoms with E-state index in [1.165, 1.54) is 7.11 Å². The van der Waals surface area contributed by atoms with Gasteiger partial charge in [0.25, 0.3) is 0 Å². The summed E-state index contributed by atoms with van der Waals surface area (Å²) in [6.45, 7) is 0. The number of fused-ring (bicyclic) bond motifs is 1. The van der Waals surface area contributed by atoms with Gasteiger partial charge in [-0.3, -0.25) is 9.59 Å². The van der Waals surface area contributed by atoms with E-state index in [2.05, 4.69) is 9.47 Å². The average Bonchev–Trinajstić information content (AvgIpc) is 2.45. The number of carbonyl (C=O) groups excluding carboxylic acids is 4. The molecule has 1 heterocycles. The Balaban J connectivity index is 2.29. The van der Waals surface area contributed by atoms with Crippen LogP contribution < -0.4 is 0 Å². The summed E-state index contributed by atoms with van der Waals surface area (Å²) in [5, 5.41) is 0. The highest BCUT2D eigenvalue weighted by atomic mass is 16.5. The molecule has 20 heavy (non-hydrogen) atoms. The van der Waals surface area contributed by atoms with Crippen molar-refractivity contribution in [2.45, 2.75) is 31.7 Å². The number of Topliss-reactive ketones (excluding diaryl/α,β-unsaturated/α-hetero) is 1. The van der Waals surface area contributed by atoms with E-state index < -0.39 is 29.9 Å². The number of hydrogen-bond acceptors (Lipinski definition) is 6. The lowest BCUT2D eigenvalue weighted by Crippen LogP contribution is -2.58. The van der Waals surface area contributed by atoms with Gasteiger partial charge in [0.05, 0.1) is 14.2 Å². The van der Waals surface area contributed by atoms with E-state index >= 15 is 0 Å². The van der Waals surface area contributed by atoms with Crippen molar-refractivity contribution in [3.8, 4) is 0 Å². The normalized spacial score (nSPS) is 29.7. The molecule has 3 atom stereocenters. The molecule has 0 bridgehead atoms. The number of rotatable bonds is 1. The van der Waals surface area contributed by atoms with Crippen LogP contribution in [0, 0.1) is 11.8 Å². The fourth-order valence-corrected chi connectivity index (χ4v) is 3.04. The molecule has 7 nitrogen and oxygen atoms in total. The van der Waals surface area contributed by atoms with E-state index in [1.54, 1.807) is 0 Å². The van der Waals surface area contributed by atoms with E-state index in [1.807, 2.05) is 0 Å². The van der Waals surface area contributed by atoms with E-state index in [-0.39, 0.29) is 24.5 Å². The predicted molar refractivity (Wildman–Crippen MR) is 65.5 cm³/mol. The molecule has 7 heteroatoms. The van der Waals surface area contributed by atoms with Crippen LogP contribution in [0.25, 0.3) is 0 Å². The Morgan fingerprint density at radius 1 is 1.20 bits per heavy atom. The van der Waals surface area contributed by atoms with Gasteiger partial charge in [0.2, 0.25) is 5.91 Å². The monoisotopic (exact) mass is 283 g/mol. The number of esters is 1. The molecule has 2 amide bonds. The van der Waals surface area contributed by atoms with Crippen LogP contribution in [0.3, 0.4) is 0 Å². The number of ether oxygens (including phenoxy) is 2. The third-order valence-electron chi connectivity index (χ3n) is 4.03. The molecule has 0 N–H and O–H groups in total. The lowest BCUT2D eigenvalue weighted by atomic mass is 9.72. The first-order chi connectivity index (χ1) is 9.49. The Morgan fingerprint density at radius 3 is 2.50 bits per heavy atom. The molecule has 0 unspecified atom stereocenters. The Hall–Kier alpha value is -1.92. The number of amides is 2. The number of piperidine rings is 1. The number of hydrogen-bond donors (Lipinski definition) is 0. The van der Waals surface area contributed by atoms with E-state index in [0.29, 0.717) is 12.8 Å². The van der Waals surface area contributed by atoms with Crippen LogP contribution in [0.2, 0.25) is 0 Å². The molecular weight excluding hydrogens is 266 g/mol. The molecular formula is C13H17NO6. The molecule has 0 spiro atoms. The molecule has 1 saturated heterocycles. The van der Waals surface area contributed by atoms with Crippen LogP contribution in [-0.2, 0) is 23.9 Å². The van der Waals surface area contributed by atoms with Crippen molar-refractivity contribution in [2.24, 2.45) is 11.8 Å². The fraction of sp³-hybridized carbons (Fsp3) is 0.692. The lowest BCUT2D eigenvalue weighted by molar-refractivity contribution is -0.160. The molecule has 0 radical (unpaired) electrons. The Labute approximate surface area is 116 Å². The van der Waals surface area contributed by atoms with Crippen molar-refractivity contribution in [2.75, 3.05) is 14.2 Å². The fourth-order valence-electron chi connectivity index (χ4n) is 3.04. The zero-order valence-electron chi connectivity index (χ0n) is 11.5. The number of methoxy groups -OCH3 is 2. The molecule has 110 valence electrons. The summed E-state index contributed by atoms with van der Waals surface area (Å²) in [6, 6.07) is -1.01. The SMILES string of the molecule is COC(=O)[C@@H]1C[C@H]2CC(=O)CC[C@H]2C(=O)N1C(=O)OC. The van der Waals surface area contributed by atoms with E-state index in [0.717, 1.165) is 12.0 Å². The van der Waals surface area contributed by atoms with Gasteiger partial charge < -0.3 is 9.47 Å². The first kappa shape index (κ1) is 14.5. The highest BCUT2D eigenvalue weighted by molar-refractivity contribution is 5.99. The number of carbonyl (C=O) groups is 4. The summed E-state index contributed by atoms with van der Waals surface area (Å²) in [5.41, 5.74) is 0. The molecule has 1 aliphatic carbocycles. The number of imide groups is 1. The van der Waals surface area contributed by atoms with Crippen LogP contribution in [0.15, 0.2) is 0 Å². The van der Waals surface area contributed by atoms with Crippen molar-refractivity contribution >= 4 is 23.8 Å².